The molecule has 5 heteroatoms. The number of amides is 2. The Morgan fingerprint density at radius 1 is 1.06 bits per heavy atom. The minimum absolute atomic E-state index is 0.334. The lowest BCUT2D eigenvalue weighted by molar-refractivity contribution is -0.155. The number of carbonyl (C=O) groups excluding carboxylic acids is 2. The molecule has 0 bridgehead atoms. The molecular formula is C11H20N2O2S. The summed E-state index contributed by atoms with van der Waals surface area (Å²) in [4.78, 5) is 26.5. The lowest BCUT2D eigenvalue weighted by Crippen LogP contribution is -2.54. The summed E-state index contributed by atoms with van der Waals surface area (Å²) in [5.41, 5.74) is 0. The van der Waals surface area contributed by atoms with Crippen molar-refractivity contribution in [1.29, 1.82) is 0 Å². The number of nitrogens with zero attached hydrogens (tertiary/aromatic N) is 2. The Bertz CT molecular complexity index is 258. The average Bonchev–Trinajstić information content (AvgIpc) is 2.30. The maximum Gasteiger partial charge on any atom is 0.312 e. The highest BCUT2D eigenvalue weighted by Gasteiger charge is 2.30. The number of carbonyl (C=O) groups is 2. The molecule has 0 atom stereocenters. The molecule has 2 amide bonds. The largest absolute Gasteiger partial charge is 0.333 e. The van der Waals surface area contributed by atoms with Gasteiger partial charge in [-0.2, -0.15) is 12.6 Å². The summed E-state index contributed by atoms with van der Waals surface area (Å²) < 4.78 is 0. The van der Waals surface area contributed by atoms with Crippen molar-refractivity contribution in [1.82, 2.24) is 9.80 Å². The van der Waals surface area contributed by atoms with E-state index in [0.29, 0.717) is 26.2 Å². The lowest BCUT2D eigenvalue weighted by atomic mass is 10.2. The van der Waals surface area contributed by atoms with Crippen LogP contribution in [0.15, 0.2) is 0 Å². The van der Waals surface area contributed by atoms with Crippen LogP contribution in [0.3, 0.4) is 0 Å². The highest BCUT2D eigenvalue weighted by molar-refractivity contribution is 7.80. The zero-order valence-electron chi connectivity index (χ0n) is 9.81. The van der Waals surface area contributed by atoms with Crippen LogP contribution in [0.5, 0.6) is 0 Å². The standard InChI is InChI=1S/C11H20N2O2S/c1-2-12-7-8-13(11(15)10(12)14)6-4-3-5-9-16/h16H,2-9H2,1H3. The number of likely N-dealkylation sites (N-methyl/N-ethyl adjacent to an activating group) is 1. The first kappa shape index (κ1) is 13.4. The predicted molar refractivity (Wildman–Crippen MR) is 66.5 cm³/mol. The zero-order valence-corrected chi connectivity index (χ0v) is 10.7. The van der Waals surface area contributed by atoms with Crippen LogP contribution < -0.4 is 0 Å². The summed E-state index contributed by atoms with van der Waals surface area (Å²) in [5, 5.41) is 0. The average molecular weight is 244 g/mol. The van der Waals surface area contributed by atoms with E-state index in [0.717, 1.165) is 25.0 Å². The zero-order chi connectivity index (χ0) is 12.0. The van der Waals surface area contributed by atoms with Gasteiger partial charge in [0.15, 0.2) is 0 Å². The molecule has 1 heterocycles. The van der Waals surface area contributed by atoms with Crippen LogP contribution in [0.1, 0.15) is 26.2 Å². The first-order valence-electron chi connectivity index (χ1n) is 5.89. The first-order chi connectivity index (χ1) is 7.70. The SMILES string of the molecule is CCN1CCN(CCCCCS)C(=O)C1=O. The van der Waals surface area contributed by atoms with Crippen molar-refractivity contribution in [3.05, 3.63) is 0 Å². The van der Waals surface area contributed by atoms with Gasteiger partial charge in [-0.05, 0) is 25.5 Å². The van der Waals surface area contributed by atoms with Gasteiger partial charge < -0.3 is 9.80 Å². The van der Waals surface area contributed by atoms with Crippen LogP contribution in [0.4, 0.5) is 0 Å². The summed E-state index contributed by atoms with van der Waals surface area (Å²) >= 11 is 4.14. The highest BCUT2D eigenvalue weighted by atomic mass is 32.1. The van der Waals surface area contributed by atoms with Crippen LogP contribution in [0.25, 0.3) is 0 Å². The molecule has 0 aromatic heterocycles. The van der Waals surface area contributed by atoms with Gasteiger partial charge in [-0.15, -0.1) is 0 Å². The van der Waals surface area contributed by atoms with Gasteiger partial charge in [-0.1, -0.05) is 6.42 Å². The maximum absolute atomic E-state index is 11.7. The molecule has 4 nitrogen and oxygen atoms in total. The van der Waals surface area contributed by atoms with Gasteiger partial charge >= 0.3 is 11.8 Å². The van der Waals surface area contributed by atoms with E-state index in [1.165, 1.54) is 0 Å². The summed E-state index contributed by atoms with van der Waals surface area (Å²) in [6.45, 7) is 4.58. The third kappa shape index (κ3) is 3.40. The second-order valence-corrected chi connectivity index (χ2v) is 4.41. The van der Waals surface area contributed by atoms with Gasteiger partial charge in [0.25, 0.3) is 0 Å². The van der Waals surface area contributed by atoms with Gasteiger partial charge in [0, 0.05) is 26.2 Å². The molecule has 0 unspecified atom stereocenters. The molecule has 0 aliphatic carbocycles. The molecule has 92 valence electrons. The lowest BCUT2D eigenvalue weighted by Gasteiger charge is -2.33. The molecule has 0 saturated carbocycles. The van der Waals surface area contributed by atoms with Crippen molar-refractivity contribution in [3.8, 4) is 0 Å². The molecule has 0 N–H and O–H groups in total. The van der Waals surface area contributed by atoms with Crippen LogP contribution in [-0.4, -0.2) is 53.5 Å². The van der Waals surface area contributed by atoms with Crippen molar-refractivity contribution in [3.63, 3.8) is 0 Å². The number of unbranched alkanes of at least 4 members (excludes halogenated alkanes) is 2. The second kappa shape index (κ2) is 6.78. The monoisotopic (exact) mass is 244 g/mol. The Morgan fingerprint density at radius 3 is 2.31 bits per heavy atom. The molecule has 1 aliphatic rings. The van der Waals surface area contributed by atoms with E-state index in [4.69, 9.17) is 0 Å². The normalized spacial score (nSPS) is 17.1. The van der Waals surface area contributed by atoms with Crippen molar-refractivity contribution in [2.45, 2.75) is 26.2 Å². The van der Waals surface area contributed by atoms with E-state index in [-0.39, 0.29) is 11.8 Å². The quantitative estimate of drug-likeness (QED) is 0.426. The molecule has 1 saturated heterocycles. The van der Waals surface area contributed by atoms with Gasteiger partial charge in [0.05, 0.1) is 0 Å². The molecule has 0 spiro atoms. The fraction of sp³-hybridized carbons (Fsp3) is 0.818. The Balaban J connectivity index is 2.34. The second-order valence-electron chi connectivity index (χ2n) is 3.96. The fourth-order valence-electron chi connectivity index (χ4n) is 1.82. The third-order valence-electron chi connectivity index (χ3n) is 2.87. The van der Waals surface area contributed by atoms with Gasteiger partial charge in [0.2, 0.25) is 0 Å². The smallest absolute Gasteiger partial charge is 0.312 e. The number of hydrogen-bond acceptors (Lipinski definition) is 3. The van der Waals surface area contributed by atoms with E-state index in [1.807, 2.05) is 6.92 Å². The van der Waals surface area contributed by atoms with Crippen LogP contribution in [0.2, 0.25) is 0 Å². The topological polar surface area (TPSA) is 40.6 Å². The first-order valence-corrected chi connectivity index (χ1v) is 6.53. The van der Waals surface area contributed by atoms with Crippen LogP contribution >= 0.6 is 12.6 Å². The molecule has 1 fully saturated rings. The van der Waals surface area contributed by atoms with Crippen molar-refractivity contribution >= 4 is 24.4 Å². The van der Waals surface area contributed by atoms with Crippen molar-refractivity contribution < 1.29 is 9.59 Å². The maximum atomic E-state index is 11.7. The van der Waals surface area contributed by atoms with Gasteiger partial charge in [0.1, 0.15) is 0 Å². The molecular weight excluding hydrogens is 224 g/mol. The highest BCUT2D eigenvalue weighted by Crippen LogP contribution is 2.07. The van der Waals surface area contributed by atoms with E-state index in [9.17, 15) is 9.59 Å². The number of rotatable bonds is 6. The molecule has 16 heavy (non-hydrogen) atoms. The van der Waals surface area contributed by atoms with Crippen LogP contribution in [-0.2, 0) is 9.59 Å². The summed E-state index contributed by atoms with van der Waals surface area (Å²) in [6.07, 6.45) is 3.10. The Kier molecular flexibility index (Phi) is 5.66. The number of thiol groups is 1. The molecule has 1 rings (SSSR count). The van der Waals surface area contributed by atoms with E-state index in [1.54, 1.807) is 9.80 Å². The molecule has 0 radical (unpaired) electrons. The van der Waals surface area contributed by atoms with E-state index >= 15 is 0 Å². The summed E-state index contributed by atoms with van der Waals surface area (Å²) in [6, 6.07) is 0. The van der Waals surface area contributed by atoms with Gasteiger partial charge in [-0.3, -0.25) is 9.59 Å². The minimum atomic E-state index is -0.344. The Hall–Kier alpha value is -0.710. The molecule has 1 aliphatic heterocycles. The summed E-state index contributed by atoms with van der Waals surface area (Å²) in [7, 11) is 0. The number of hydrogen-bond donors (Lipinski definition) is 1. The Labute approximate surface area is 102 Å². The van der Waals surface area contributed by atoms with Crippen molar-refractivity contribution in [2.24, 2.45) is 0 Å². The van der Waals surface area contributed by atoms with Crippen molar-refractivity contribution in [2.75, 3.05) is 31.9 Å². The fourth-order valence-corrected chi connectivity index (χ4v) is 2.04. The van der Waals surface area contributed by atoms with E-state index < -0.39 is 0 Å². The van der Waals surface area contributed by atoms with Crippen LogP contribution in [0, 0.1) is 0 Å². The summed E-state index contributed by atoms with van der Waals surface area (Å²) in [5.74, 6) is 0.207. The predicted octanol–water partition coefficient (Wildman–Crippen LogP) is 0.777. The Morgan fingerprint density at radius 2 is 1.69 bits per heavy atom. The van der Waals surface area contributed by atoms with Gasteiger partial charge in [-0.25, -0.2) is 0 Å². The minimum Gasteiger partial charge on any atom is -0.333 e. The molecule has 0 aromatic carbocycles. The third-order valence-corrected chi connectivity index (χ3v) is 3.18. The van der Waals surface area contributed by atoms with E-state index in [2.05, 4.69) is 12.6 Å². The molecule has 0 aromatic rings. The number of piperazine rings is 1.